The molecule has 0 spiro atoms. The quantitative estimate of drug-likeness (QED) is 0.118. The van der Waals surface area contributed by atoms with E-state index in [0.29, 0.717) is 22.5 Å². The summed E-state index contributed by atoms with van der Waals surface area (Å²) >= 11 is 0. The van der Waals surface area contributed by atoms with Gasteiger partial charge in [0.2, 0.25) is 0 Å². The molecule has 0 bridgehead atoms. The fraction of sp³-hybridized carbons (Fsp3) is 0.0769. The monoisotopic (exact) mass is 942 g/mol. The maximum absolute atomic E-state index is 9.32. The van der Waals surface area contributed by atoms with Crippen LogP contribution < -0.4 is 9.30 Å². The van der Waals surface area contributed by atoms with Crippen molar-refractivity contribution in [2.45, 2.75) is 26.2 Å². The van der Waals surface area contributed by atoms with Crippen LogP contribution in [0.15, 0.2) is 176 Å². The Morgan fingerprint density at radius 2 is 1.33 bits per heavy atom. The largest absolute Gasteiger partial charge is 0.510 e. The first kappa shape index (κ1) is 24.9. The summed E-state index contributed by atoms with van der Waals surface area (Å²) in [4.78, 5) is 4.77. The Kier molecular flexibility index (Phi) is 6.49. The van der Waals surface area contributed by atoms with E-state index in [4.69, 9.17) is 24.8 Å². The second kappa shape index (κ2) is 15.1. The molecule has 0 unspecified atom stereocenters. The molecule has 0 aliphatic carbocycles. The van der Waals surface area contributed by atoms with Gasteiger partial charge in [0.25, 0.3) is 6.33 Å². The van der Waals surface area contributed by atoms with E-state index in [1.165, 1.54) is 4.57 Å². The Morgan fingerprint density at radius 3 is 2.05 bits per heavy atom. The Balaban J connectivity index is 0.00000624. The third-order valence-corrected chi connectivity index (χ3v) is 9.75. The van der Waals surface area contributed by atoms with Gasteiger partial charge in [-0.15, -0.1) is 29.7 Å². The molecule has 284 valence electrons. The summed E-state index contributed by atoms with van der Waals surface area (Å²) in [7, 11) is 0. The molecule has 0 N–H and O–H groups in total. The molecule has 10 rings (SSSR count). The van der Waals surface area contributed by atoms with Crippen molar-refractivity contribution in [1.82, 2.24) is 14.1 Å². The molecule has 0 saturated heterocycles. The molecule has 10 aromatic rings. The van der Waals surface area contributed by atoms with E-state index in [0.717, 1.165) is 33.2 Å². The maximum Gasteiger partial charge on any atom is 0.268 e. The Bertz CT molecular complexity index is 3710. The molecule has 7 aromatic carbocycles. The predicted octanol–water partition coefficient (Wildman–Crippen LogP) is 12.2. The summed E-state index contributed by atoms with van der Waals surface area (Å²) < 4.78 is 126. The van der Waals surface area contributed by atoms with E-state index < -0.39 is 101 Å². The average Bonchev–Trinajstić information content (AvgIpc) is 3.90. The van der Waals surface area contributed by atoms with Crippen LogP contribution >= 0.6 is 0 Å². The normalized spacial score (nSPS) is 14.7. The third kappa shape index (κ3) is 6.62. The van der Waals surface area contributed by atoms with Crippen molar-refractivity contribution in [3.05, 3.63) is 200 Å². The second-order valence-corrected chi connectivity index (χ2v) is 14.3. The SMILES string of the molecule is [2H]c1c([2H])c([2H])c(-c2c([2H])c([2H])c([2H])c(-c3c([2H])c([2H])c([2H])c([2H])c3[2H])c2-[n+]2[c-]n(-c3[c-]c(Oc4[c-]c5c(cc4)c4ccccc4n5-c4cc(C(C)(C)C)ccn4)ccc3)c3ccccc32)c([2H])c1[2H].[Pt]. The number of benzene rings is 7. The Labute approximate surface area is 371 Å². The van der Waals surface area contributed by atoms with Gasteiger partial charge in [0.15, 0.2) is 0 Å². The number of imidazole rings is 1. The minimum absolute atomic E-state index is 0. The maximum atomic E-state index is 9.32. The van der Waals surface area contributed by atoms with Crippen molar-refractivity contribution < 1.29 is 48.2 Å². The first-order valence-electron chi connectivity index (χ1n) is 24.7. The van der Waals surface area contributed by atoms with Gasteiger partial charge in [-0.25, -0.2) is 4.98 Å². The molecule has 0 radical (unpaired) electrons. The summed E-state index contributed by atoms with van der Waals surface area (Å²) in [6.45, 7) is 6.44. The number of hydrogen-bond acceptors (Lipinski definition) is 2. The van der Waals surface area contributed by atoms with Gasteiger partial charge in [0.05, 0.1) is 34.5 Å². The van der Waals surface area contributed by atoms with Crippen LogP contribution in [0.3, 0.4) is 0 Å². The fourth-order valence-electron chi connectivity index (χ4n) is 7.06. The first-order chi connectivity index (χ1) is 33.3. The van der Waals surface area contributed by atoms with E-state index in [1.807, 2.05) is 36.4 Å². The number of fused-ring (bicyclic) bond motifs is 4. The van der Waals surface area contributed by atoms with Crippen LogP contribution in [0.2, 0.25) is 0 Å². The molecule has 3 aromatic heterocycles. The molecule has 0 atom stereocenters. The van der Waals surface area contributed by atoms with Gasteiger partial charge in [-0.3, -0.25) is 4.57 Å². The molecule has 0 aliphatic rings. The summed E-state index contributed by atoms with van der Waals surface area (Å²) in [5.41, 5.74) is 1.67. The van der Waals surface area contributed by atoms with E-state index >= 15 is 0 Å². The number of hydrogen-bond donors (Lipinski definition) is 0. The molecular weight excluding hydrogens is 892 g/mol. The van der Waals surface area contributed by atoms with Crippen LogP contribution in [0, 0.1) is 18.5 Å². The van der Waals surface area contributed by atoms with Crippen molar-refractivity contribution in [2.24, 2.45) is 0 Å². The predicted molar refractivity (Wildman–Crippen MR) is 230 cm³/mol. The standard InChI is InChI=1S/C52H38N4O.Pt/c1-52(2,3)38-30-31-53-50(32-38)56-46-25-11-10-22-44(46)45-29-28-41(34-49(45)56)57-40-21-14-20-39(33-40)54-35-55(48-27-13-12-26-47(48)54)51-42(36-16-6-4-7-17-36)23-15-24-43(51)37-18-8-5-9-19-37;/h4-32H,1-3H3;/q-2;/i4D,5D,6D,7D,8D,9D,15D,16D,17D,18D,19D,23D,24D;. The topological polar surface area (TPSA) is 35.9 Å². The number of para-hydroxylation sites is 4. The molecule has 6 heteroatoms. The van der Waals surface area contributed by atoms with Crippen molar-refractivity contribution in [1.29, 1.82) is 0 Å². The van der Waals surface area contributed by atoms with E-state index in [1.54, 1.807) is 53.2 Å². The molecule has 0 fully saturated rings. The van der Waals surface area contributed by atoms with Crippen molar-refractivity contribution >= 4 is 32.8 Å². The zero-order chi connectivity index (χ0) is 49.8. The van der Waals surface area contributed by atoms with Crippen LogP contribution in [0.4, 0.5) is 0 Å². The second-order valence-electron chi connectivity index (χ2n) is 14.3. The van der Waals surface area contributed by atoms with E-state index in [-0.39, 0.29) is 37.9 Å². The minimum Gasteiger partial charge on any atom is -0.510 e. The molecule has 58 heavy (non-hydrogen) atoms. The van der Waals surface area contributed by atoms with Gasteiger partial charge in [0, 0.05) is 44.3 Å². The Hall–Kier alpha value is -6.55. The van der Waals surface area contributed by atoms with Crippen LogP contribution in [0.25, 0.3) is 72.3 Å². The zero-order valence-electron chi connectivity index (χ0n) is 44.3. The number of nitrogens with zero attached hydrogens (tertiary/aromatic N) is 4. The minimum atomic E-state index is -0.778. The van der Waals surface area contributed by atoms with Crippen molar-refractivity contribution in [3.8, 4) is 50.9 Å². The molecule has 0 saturated carbocycles. The zero-order valence-corrected chi connectivity index (χ0v) is 33.5. The van der Waals surface area contributed by atoms with Crippen molar-refractivity contribution in [3.63, 3.8) is 0 Å². The molecule has 5 nitrogen and oxygen atoms in total. The van der Waals surface area contributed by atoms with E-state index in [9.17, 15) is 2.74 Å². The molecule has 0 amide bonds. The molecule has 3 heterocycles. The molecular formula is C52H38N4OPt-2. The number of aromatic nitrogens is 4. The Morgan fingerprint density at radius 1 is 0.655 bits per heavy atom. The number of rotatable bonds is 7. The summed E-state index contributed by atoms with van der Waals surface area (Å²) in [6, 6.07) is 25.3. The van der Waals surface area contributed by atoms with Gasteiger partial charge in [-0.2, -0.15) is 18.2 Å². The van der Waals surface area contributed by atoms with Gasteiger partial charge >= 0.3 is 0 Å². The summed E-state index contributed by atoms with van der Waals surface area (Å²) in [5.74, 6) is 1.38. The van der Waals surface area contributed by atoms with Crippen LogP contribution in [-0.4, -0.2) is 14.1 Å². The van der Waals surface area contributed by atoms with Crippen LogP contribution in [0.1, 0.15) is 44.2 Å². The third-order valence-electron chi connectivity index (χ3n) is 9.75. The van der Waals surface area contributed by atoms with Crippen LogP contribution in [-0.2, 0) is 26.5 Å². The first-order valence-corrected chi connectivity index (χ1v) is 18.2. The van der Waals surface area contributed by atoms with Gasteiger partial charge in [-0.1, -0.05) is 147 Å². The molecule has 0 aliphatic heterocycles. The van der Waals surface area contributed by atoms with Gasteiger partial charge < -0.3 is 13.9 Å². The fourth-order valence-corrected chi connectivity index (χ4v) is 7.06. The van der Waals surface area contributed by atoms with E-state index in [2.05, 4.69) is 55.9 Å². The summed E-state index contributed by atoms with van der Waals surface area (Å²) in [6.07, 6.45) is 5.04. The van der Waals surface area contributed by atoms with Gasteiger partial charge in [0.1, 0.15) is 5.82 Å². The van der Waals surface area contributed by atoms with Gasteiger partial charge in [-0.05, 0) is 62.5 Å². The van der Waals surface area contributed by atoms with Crippen molar-refractivity contribution in [2.75, 3.05) is 0 Å². The number of ether oxygens (including phenoxy) is 1. The smallest absolute Gasteiger partial charge is 0.268 e. The summed E-state index contributed by atoms with van der Waals surface area (Å²) in [5, 5.41) is 1.95. The number of pyridine rings is 1. The average molecular weight is 943 g/mol. The van der Waals surface area contributed by atoms with Crippen LogP contribution in [0.5, 0.6) is 11.5 Å².